The molecule has 2 aromatic rings. The first-order valence-corrected chi connectivity index (χ1v) is 8.72. The number of amides is 1. The molecule has 24 heavy (non-hydrogen) atoms. The lowest BCUT2D eigenvalue weighted by Gasteiger charge is -2.33. The van der Waals surface area contributed by atoms with Crippen LogP contribution in [0.2, 0.25) is 0 Å². The average Bonchev–Trinajstić information content (AvgIpc) is 3.33. The molecule has 0 radical (unpaired) electrons. The Hall–Kier alpha value is -2.37. The number of H-pyrrole nitrogens is 1. The van der Waals surface area contributed by atoms with Gasteiger partial charge in [0.25, 0.3) is 5.91 Å². The number of nitrogens with one attached hydrogen (secondary N) is 2. The van der Waals surface area contributed by atoms with E-state index >= 15 is 0 Å². The number of aryl methyl sites for hydroxylation is 1. The average molecular weight is 325 g/mol. The fourth-order valence-corrected chi connectivity index (χ4v) is 3.32. The summed E-state index contributed by atoms with van der Waals surface area (Å²) in [7, 11) is 0. The second kappa shape index (κ2) is 6.26. The van der Waals surface area contributed by atoms with Crippen LogP contribution >= 0.6 is 0 Å². The third-order valence-corrected chi connectivity index (χ3v) is 4.95. The highest BCUT2D eigenvalue weighted by Gasteiger charge is 2.31. The molecule has 6 heteroatoms. The van der Waals surface area contributed by atoms with Crippen molar-refractivity contribution in [2.45, 2.75) is 44.6 Å². The van der Waals surface area contributed by atoms with E-state index in [1.54, 1.807) is 6.20 Å². The Morgan fingerprint density at radius 3 is 2.67 bits per heavy atom. The van der Waals surface area contributed by atoms with Crippen LogP contribution in [0.1, 0.15) is 53.2 Å². The Kier molecular flexibility index (Phi) is 3.96. The van der Waals surface area contributed by atoms with Gasteiger partial charge in [0.2, 0.25) is 0 Å². The molecule has 1 amide bonds. The highest BCUT2D eigenvalue weighted by atomic mass is 16.1. The number of aromatic amines is 1. The number of anilines is 1. The van der Waals surface area contributed by atoms with Gasteiger partial charge in [0.15, 0.2) is 0 Å². The first-order valence-electron chi connectivity index (χ1n) is 8.72. The van der Waals surface area contributed by atoms with Crippen LogP contribution in [0.4, 0.5) is 5.82 Å². The van der Waals surface area contributed by atoms with E-state index < -0.39 is 0 Å². The molecule has 6 nitrogen and oxygen atoms in total. The van der Waals surface area contributed by atoms with Crippen LogP contribution in [-0.2, 0) is 0 Å². The summed E-state index contributed by atoms with van der Waals surface area (Å²) in [6.45, 7) is 3.88. The van der Waals surface area contributed by atoms with Crippen LogP contribution in [0.25, 0.3) is 0 Å². The van der Waals surface area contributed by atoms with E-state index in [4.69, 9.17) is 0 Å². The minimum atomic E-state index is 0.0116. The number of hydrogen-bond donors (Lipinski definition) is 2. The van der Waals surface area contributed by atoms with E-state index in [2.05, 4.69) is 37.5 Å². The van der Waals surface area contributed by atoms with Crippen molar-refractivity contribution in [3.63, 3.8) is 0 Å². The van der Waals surface area contributed by atoms with Gasteiger partial charge in [-0.25, -0.2) is 4.98 Å². The number of pyridine rings is 1. The molecule has 126 valence electrons. The van der Waals surface area contributed by atoms with Crippen molar-refractivity contribution in [2.75, 3.05) is 18.0 Å². The SMILES string of the molecule is Cc1ccc(N2CCC(NC(=O)c3cn[nH]c3C3CC3)CC2)nc1. The molecule has 2 aromatic heterocycles. The summed E-state index contributed by atoms with van der Waals surface area (Å²) in [4.78, 5) is 19.3. The van der Waals surface area contributed by atoms with Crippen LogP contribution in [-0.4, -0.2) is 40.2 Å². The third-order valence-electron chi connectivity index (χ3n) is 4.95. The van der Waals surface area contributed by atoms with Gasteiger partial charge in [0.05, 0.1) is 17.5 Å². The van der Waals surface area contributed by atoms with Gasteiger partial charge in [0.1, 0.15) is 5.82 Å². The Labute approximate surface area is 141 Å². The van der Waals surface area contributed by atoms with Crippen LogP contribution < -0.4 is 10.2 Å². The maximum atomic E-state index is 12.5. The van der Waals surface area contributed by atoms with E-state index in [9.17, 15) is 4.79 Å². The summed E-state index contributed by atoms with van der Waals surface area (Å²) in [5.74, 6) is 1.54. The van der Waals surface area contributed by atoms with E-state index in [1.165, 1.54) is 5.56 Å². The number of hydrogen-bond acceptors (Lipinski definition) is 4. The molecular formula is C18H23N5O. The summed E-state index contributed by atoms with van der Waals surface area (Å²) < 4.78 is 0. The van der Waals surface area contributed by atoms with Crippen molar-refractivity contribution in [2.24, 2.45) is 0 Å². The molecule has 0 bridgehead atoms. The van der Waals surface area contributed by atoms with Gasteiger partial charge in [-0.1, -0.05) is 6.07 Å². The number of carbonyl (C=O) groups excluding carboxylic acids is 1. The Bertz CT molecular complexity index is 711. The largest absolute Gasteiger partial charge is 0.356 e. The predicted molar refractivity (Wildman–Crippen MR) is 92.2 cm³/mol. The molecule has 2 fully saturated rings. The van der Waals surface area contributed by atoms with Crippen molar-refractivity contribution in [3.8, 4) is 0 Å². The van der Waals surface area contributed by atoms with E-state index in [0.717, 1.165) is 55.8 Å². The first kappa shape index (κ1) is 15.2. The van der Waals surface area contributed by atoms with Crippen molar-refractivity contribution in [1.82, 2.24) is 20.5 Å². The normalized spacial score (nSPS) is 18.6. The highest BCUT2D eigenvalue weighted by Crippen LogP contribution is 2.40. The second-order valence-corrected chi connectivity index (χ2v) is 6.90. The Morgan fingerprint density at radius 1 is 1.21 bits per heavy atom. The summed E-state index contributed by atoms with van der Waals surface area (Å²) in [5.41, 5.74) is 2.90. The molecule has 0 aromatic carbocycles. The van der Waals surface area contributed by atoms with Gasteiger partial charge in [-0.05, 0) is 44.2 Å². The second-order valence-electron chi connectivity index (χ2n) is 6.90. The van der Waals surface area contributed by atoms with Gasteiger partial charge in [-0.2, -0.15) is 5.10 Å². The molecule has 0 atom stereocenters. The molecule has 1 saturated heterocycles. The molecule has 2 aliphatic rings. The number of carbonyl (C=O) groups is 1. The molecule has 0 spiro atoms. The summed E-state index contributed by atoms with van der Waals surface area (Å²) in [6.07, 6.45) is 7.76. The maximum absolute atomic E-state index is 12.5. The topological polar surface area (TPSA) is 73.9 Å². The molecule has 3 heterocycles. The Morgan fingerprint density at radius 2 is 2.00 bits per heavy atom. The smallest absolute Gasteiger partial charge is 0.254 e. The van der Waals surface area contributed by atoms with Crippen LogP contribution in [0, 0.1) is 6.92 Å². The molecule has 2 N–H and O–H groups in total. The van der Waals surface area contributed by atoms with Gasteiger partial charge in [-0.15, -0.1) is 0 Å². The maximum Gasteiger partial charge on any atom is 0.254 e. The lowest BCUT2D eigenvalue weighted by molar-refractivity contribution is 0.0930. The standard InChI is InChI=1S/C18H23N5O/c1-12-2-5-16(19-10-12)23-8-6-14(7-9-23)21-18(24)15-11-20-22-17(15)13-3-4-13/h2,5,10-11,13-14H,3-4,6-9H2,1H3,(H,20,22)(H,21,24). The number of nitrogens with zero attached hydrogens (tertiary/aromatic N) is 3. The van der Waals surface area contributed by atoms with Crippen LogP contribution in [0.15, 0.2) is 24.5 Å². The molecule has 1 aliphatic heterocycles. The highest BCUT2D eigenvalue weighted by molar-refractivity contribution is 5.95. The fraction of sp³-hybridized carbons (Fsp3) is 0.500. The van der Waals surface area contributed by atoms with Crippen molar-refractivity contribution < 1.29 is 4.79 Å². The van der Waals surface area contributed by atoms with E-state index in [1.807, 2.05) is 13.1 Å². The molecular weight excluding hydrogens is 302 g/mol. The minimum absolute atomic E-state index is 0.0116. The number of piperidine rings is 1. The monoisotopic (exact) mass is 325 g/mol. The van der Waals surface area contributed by atoms with Crippen LogP contribution in [0.3, 0.4) is 0 Å². The summed E-state index contributed by atoms with van der Waals surface area (Å²) in [5, 5.41) is 10.2. The summed E-state index contributed by atoms with van der Waals surface area (Å²) in [6, 6.07) is 4.39. The number of aromatic nitrogens is 3. The zero-order chi connectivity index (χ0) is 16.5. The first-order chi connectivity index (χ1) is 11.7. The van der Waals surface area contributed by atoms with Crippen molar-refractivity contribution in [3.05, 3.63) is 41.3 Å². The quantitative estimate of drug-likeness (QED) is 0.905. The summed E-state index contributed by atoms with van der Waals surface area (Å²) >= 11 is 0. The molecule has 1 saturated carbocycles. The zero-order valence-corrected chi connectivity index (χ0v) is 14.0. The minimum Gasteiger partial charge on any atom is -0.356 e. The van der Waals surface area contributed by atoms with Gasteiger partial charge in [0, 0.05) is 31.2 Å². The Balaban J connectivity index is 1.33. The number of rotatable bonds is 4. The van der Waals surface area contributed by atoms with Crippen molar-refractivity contribution >= 4 is 11.7 Å². The molecule has 4 rings (SSSR count). The fourth-order valence-electron chi connectivity index (χ4n) is 3.32. The van der Waals surface area contributed by atoms with E-state index in [-0.39, 0.29) is 11.9 Å². The molecule has 0 unspecified atom stereocenters. The van der Waals surface area contributed by atoms with Crippen LogP contribution in [0.5, 0.6) is 0 Å². The van der Waals surface area contributed by atoms with Gasteiger partial charge < -0.3 is 10.2 Å². The van der Waals surface area contributed by atoms with Gasteiger partial charge in [-0.3, -0.25) is 9.89 Å². The van der Waals surface area contributed by atoms with E-state index in [0.29, 0.717) is 5.92 Å². The third kappa shape index (κ3) is 3.13. The van der Waals surface area contributed by atoms with Gasteiger partial charge >= 0.3 is 0 Å². The zero-order valence-electron chi connectivity index (χ0n) is 14.0. The predicted octanol–water partition coefficient (Wildman–Crippen LogP) is 2.39. The lowest BCUT2D eigenvalue weighted by atomic mass is 10.0. The molecule has 1 aliphatic carbocycles. The lowest BCUT2D eigenvalue weighted by Crippen LogP contribution is -2.45. The van der Waals surface area contributed by atoms with Crippen molar-refractivity contribution in [1.29, 1.82) is 0 Å².